The molecule has 12 rings (SSSR count). The zero-order chi connectivity index (χ0) is 75.1. The Bertz CT molecular complexity index is 4190. The lowest BCUT2D eigenvalue weighted by atomic mass is 10.00. The molecule has 0 spiro atoms. The van der Waals surface area contributed by atoms with Crippen LogP contribution in [0.2, 0.25) is 0 Å². The van der Waals surface area contributed by atoms with E-state index in [4.69, 9.17) is 10.9 Å². The highest BCUT2D eigenvalue weighted by molar-refractivity contribution is 9.08. The number of ketones is 3. The maximum absolute atomic E-state index is 13.2. The maximum atomic E-state index is 13.2. The van der Waals surface area contributed by atoms with Gasteiger partial charge in [0.2, 0.25) is 17.3 Å². The van der Waals surface area contributed by atoms with Crippen molar-refractivity contribution in [2.24, 2.45) is 40.5 Å². The molecule has 3 aliphatic carbocycles. The Kier molecular flexibility index (Phi) is 36.1. The van der Waals surface area contributed by atoms with Crippen LogP contribution in [-0.2, 0) is 52.5 Å². The number of carbonyl (C=O) groups is 3. The number of aliphatic hydroxyl groups excluding tert-OH is 3. The molecule has 3 saturated carbocycles. The SMILES string of the molecule is C.CCN(CC)CC.C[C@H]1C[C@H](Nc2ncncc2C(=O)c2cc(CBr)cs2)C[C@@H]1CO.C[C@H]1C[C@H](Nc2ncncc2C(=O)c2cc(CNCc3ccccc3)cs2)C[C@@H]1CO.NCc1ccccc1.NS(=O)(=O)OC[C@H]1C[C@@H](Nc2ncncc2C(=O)c2cc(CNCc3ccccc3)cs2)C[C@@H]1O. The molecule has 3 aliphatic rings. The molecule has 0 bridgehead atoms. The van der Waals surface area contributed by atoms with Crippen LogP contribution >= 0.6 is 49.9 Å². The van der Waals surface area contributed by atoms with Crippen LogP contribution in [0.5, 0.6) is 0 Å². The van der Waals surface area contributed by atoms with E-state index >= 15 is 0 Å². The number of halogens is 1. The average molecular weight is 1590 g/mol. The fourth-order valence-corrected chi connectivity index (χ4v) is 16.2. The van der Waals surface area contributed by atoms with Crippen molar-refractivity contribution in [1.29, 1.82) is 0 Å². The van der Waals surface area contributed by atoms with Gasteiger partial charge < -0.3 is 52.5 Å². The minimum absolute atomic E-state index is 0. The van der Waals surface area contributed by atoms with E-state index in [9.17, 15) is 38.1 Å². The van der Waals surface area contributed by atoms with Crippen LogP contribution in [0.3, 0.4) is 0 Å². The van der Waals surface area contributed by atoms with E-state index in [2.05, 4.69) is 140 Å². The molecule has 28 heteroatoms. The molecule has 570 valence electrons. The van der Waals surface area contributed by atoms with Crippen LogP contribution in [-0.4, -0.2) is 140 Å². The number of hydrogen-bond acceptors (Lipinski definition) is 25. The molecule has 0 radical (unpaired) electrons. The van der Waals surface area contributed by atoms with Gasteiger partial charge in [0, 0.05) is 93.9 Å². The Morgan fingerprint density at radius 1 is 0.538 bits per heavy atom. The number of nitrogens with two attached hydrogens (primary N) is 2. The van der Waals surface area contributed by atoms with E-state index in [-0.39, 0.29) is 62.7 Å². The standard InChI is InChI=1S/C24H28N4O2S.C23H27N5O5S2.C17H20BrN3O2S.C7H9N.C6H15N.CH4/c1-16-7-20(9-19(16)13-29)28-24-21(12-26-15-27-24)23(30)22-8-18(14-31-22)11-25-10-17-5-3-2-4-6-17;24-35(31,32)33-12-17-7-18(8-20(17)29)28-23-19(11-26-14-27-23)22(30)21-6-16(13-34-21)10-25-9-15-4-2-1-3-5-15;1-10-2-13(4-12(10)7-22)21-17-14(6-19-9-20-17)16(23)15-3-11(5-18)8-24-15;8-6-7-4-2-1-3-5-7;1-4-7(5-2)6-3;/h2-6,8,12,14-16,19-20,25,29H,7,9-11,13H2,1H3,(H,26,27,28);1-6,11,13-14,17-18,20,25,29H,7-10,12H2,(H2,24,31,32)(H,26,27,28);3,6,8-10,12-13,22H,2,4-5,7H2,1H3,(H,19,20,21);1-5H,6,8H2;4-6H2,1-3H3;1H4/t16-,19+,20-;17-,18-,20+;10-,12+,13-;;;/m010.../s1. The molecule has 106 heavy (non-hydrogen) atoms. The summed E-state index contributed by atoms with van der Waals surface area (Å²) in [6.45, 7) is 18.1. The highest BCUT2D eigenvalue weighted by Gasteiger charge is 2.36. The molecule has 9 aromatic rings. The van der Waals surface area contributed by atoms with E-state index < -0.39 is 22.3 Å². The van der Waals surface area contributed by atoms with Gasteiger partial charge in [-0.2, -0.15) is 8.42 Å². The predicted molar refractivity (Wildman–Crippen MR) is 428 cm³/mol. The summed E-state index contributed by atoms with van der Waals surface area (Å²) >= 11 is 7.65. The van der Waals surface area contributed by atoms with Gasteiger partial charge >= 0.3 is 10.3 Å². The summed E-state index contributed by atoms with van der Waals surface area (Å²) in [7, 11) is -4.08. The van der Waals surface area contributed by atoms with Crippen LogP contribution in [0.15, 0.2) is 163 Å². The molecule has 23 nitrogen and oxygen atoms in total. The summed E-state index contributed by atoms with van der Waals surface area (Å²) in [6.07, 6.45) is 12.6. The predicted octanol–water partition coefficient (Wildman–Crippen LogP) is 12.3. The molecule has 12 N–H and O–H groups in total. The lowest BCUT2D eigenvalue weighted by Crippen LogP contribution is -2.24. The number of nitrogens with one attached hydrogen (secondary N) is 5. The number of benzene rings is 3. The Morgan fingerprint density at radius 3 is 1.21 bits per heavy atom. The van der Waals surface area contributed by atoms with Gasteiger partial charge in [-0.3, -0.25) is 18.6 Å². The second kappa shape index (κ2) is 44.7. The van der Waals surface area contributed by atoms with Crippen molar-refractivity contribution < 1.29 is 42.3 Å². The number of hydrogen-bond donors (Lipinski definition) is 10. The van der Waals surface area contributed by atoms with E-state index in [1.54, 1.807) is 12.4 Å². The molecular formula is C78H103BrN14O9S4. The topological polar surface area (TPSA) is 348 Å². The Morgan fingerprint density at radius 2 is 0.887 bits per heavy atom. The number of aliphatic hydroxyl groups is 3. The average Bonchev–Trinajstić information content (AvgIpc) is 1.51. The van der Waals surface area contributed by atoms with Crippen molar-refractivity contribution in [1.82, 2.24) is 45.4 Å². The molecule has 0 aliphatic heterocycles. The fourth-order valence-electron chi connectivity index (χ4n) is 12.7. The second-order valence-corrected chi connectivity index (χ2v) is 30.8. The van der Waals surface area contributed by atoms with Gasteiger partial charge in [-0.05, 0) is 150 Å². The molecule has 0 unspecified atom stereocenters. The van der Waals surface area contributed by atoms with Crippen LogP contribution in [0, 0.1) is 29.6 Å². The van der Waals surface area contributed by atoms with Crippen LogP contribution < -0.4 is 37.5 Å². The van der Waals surface area contributed by atoms with Gasteiger partial charge in [-0.15, -0.1) is 34.0 Å². The summed E-state index contributed by atoms with van der Waals surface area (Å²) in [5.41, 5.74) is 13.5. The largest absolute Gasteiger partial charge is 0.396 e. The van der Waals surface area contributed by atoms with Crippen molar-refractivity contribution in [2.75, 3.05) is 55.4 Å². The minimum Gasteiger partial charge on any atom is -0.396 e. The number of carbonyl (C=O) groups excluding carboxylic acids is 3. The molecule has 0 amide bonds. The summed E-state index contributed by atoms with van der Waals surface area (Å²) in [5.74, 6) is 2.32. The minimum atomic E-state index is -4.08. The Hall–Kier alpha value is -7.52. The highest BCUT2D eigenvalue weighted by atomic mass is 79.9. The van der Waals surface area contributed by atoms with E-state index in [1.807, 2.05) is 101 Å². The van der Waals surface area contributed by atoms with Crippen molar-refractivity contribution >= 4 is 95.0 Å². The molecular weight excluding hydrogens is 1490 g/mol. The normalized spacial score (nSPS) is 19.3. The van der Waals surface area contributed by atoms with E-state index in [0.717, 1.165) is 60.8 Å². The molecule has 3 fully saturated rings. The first kappa shape index (κ1) is 85.7. The lowest BCUT2D eigenvalue weighted by molar-refractivity contribution is 0.100. The van der Waals surface area contributed by atoms with Gasteiger partial charge in [0.15, 0.2) is 0 Å². The molecule has 0 saturated heterocycles. The Labute approximate surface area is 644 Å². The smallest absolute Gasteiger partial charge is 0.333 e. The van der Waals surface area contributed by atoms with Crippen LogP contribution in [0.4, 0.5) is 17.5 Å². The lowest BCUT2D eigenvalue weighted by Gasteiger charge is -2.15. The van der Waals surface area contributed by atoms with Gasteiger partial charge in [0.25, 0.3) is 0 Å². The van der Waals surface area contributed by atoms with Gasteiger partial charge in [0.1, 0.15) is 36.4 Å². The first-order valence-corrected chi connectivity index (χ1v) is 40.7. The molecule has 6 heterocycles. The zero-order valence-electron chi connectivity index (χ0n) is 60.1. The van der Waals surface area contributed by atoms with E-state index in [0.29, 0.717) is 105 Å². The number of alkyl halides is 1. The molecule has 9 atom stereocenters. The first-order chi connectivity index (χ1) is 50.8. The zero-order valence-corrected chi connectivity index (χ0v) is 65.0. The Balaban J connectivity index is 0.000000203. The van der Waals surface area contributed by atoms with Crippen LogP contribution in [0.1, 0.15) is 160 Å². The molecule has 6 aromatic heterocycles. The third-order valence-corrected chi connectivity index (χ3v) is 22.8. The number of aromatic nitrogens is 6. The third-order valence-electron chi connectivity index (χ3n) is 18.8. The van der Waals surface area contributed by atoms with Crippen molar-refractivity contribution in [3.05, 3.63) is 228 Å². The summed E-state index contributed by atoms with van der Waals surface area (Å²) in [6, 6.07) is 36.2. The fraction of sp³-hybridized carbons (Fsp3) is 0.423. The van der Waals surface area contributed by atoms with Gasteiger partial charge in [0.05, 0.1) is 44.0 Å². The number of thiophene rings is 3. The first-order valence-electron chi connectivity index (χ1n) is 35.5. The van der Waals surface area contributed by atoms with Crippen molar-refractivity contribution in [2.45, 2.75) is 143 Å². The summed E-state index contributed by atoms with van der Waals surface area (Å²) in [5, 5.41) is 57.6. The highest BCUT2D eigenvalue weighted by Crippen LogP contribution is 2.36. The summed E-state index contributed by atoms with van der Waals surface area (Å²) < 4.78 is 26.7. The monoisotopic (exact) mass is 1590 g/mol. The number of nitrogens with zero attached hydrogens (tertiary/aromatic N) is 7. The second-order valence-electron chi connectivity index (χ2n) is 26.3. The number of anilines is 3. The van der Waals surface area contributed by atoms with Crippen molar-refractivity contribution in [3.8, 4) is 0 Å². The quantitative estimate of drug-likeness (QED) is 0.0148. The van der Waals surface area contributed by atoms with E-state index in [1.165, 1.54) is 95.5 Å². The maximum Gasteiger partial charge on any atom is 0.333 e. The summed E-state index contributed by atoms with van der Waals surface area (Å²) in [4.78, 5) is 68.5. The van der Waals surface area contributed by atoms with Crippen LogP contribution in [0.25, 0.3) is 0 Å². The van der Waals surface area contributed by atoms with Gasteiger partial charge in [-0.1, -0.05) is 149 Å². The third kappa shape index (κ3) is 27.0. The van der Waals surface area contributed by atoms with Gasteiger partial charge in [-0.25, -0.2) is 35.0 Å². The van der Waals surface area contributed by atoms with Crippen molar-refractivity contribution in [3.63, 3.8) is 0 Å². The molecule has 3 aromatic carbocycles. The number of rotatable bonds is 30.